The molecule has 0 radical (unpaired) electrons. The number of amides is 3. The quantitative estimate of drug-likeness (QED) is 0.0634. The Bertz CT molecular complexity index is 1980. The summed E-state index contributed by atoms with van der Waals surface area (Å²) < 4.78 is 16.4. The van der Waals surface area contributed by atoms with Crippen molar-refractivity contribution in [1.82, 2.24) is 10.3 Å². The maximum atomic E-state index is 14.5. The Morgan fingerprint density at radius 1 is 0.873 bits per heavy atom. The molecule has 0 spiro atoms. The number of benzene rings is 3. The Labute approximate surface area is 322 Å². The molecule has 4 aromatic rings. The van der Waals surface area contributed by atoms with Gasteiger partial charge in [0, 0.05) is 29.6 Å². The molecule has 3 aromatic carbocycles. The molecule has 0 aliphatic carbocycles. The molecule has 13 heteroatoms. The summed E-state index contributed by atoms with van der Waals surface area (Å²) in [7, 11) is 0. The largest absolute Gasteiger partial charge is 0.466 e. The van der Waals surface area contributed by atoms with Crippen LogP contribution in [-0.4, -0.2) is 58.6 Å². The zero-order chi connectivity index (χ0) is 40.7. The number of esters is 1. The third kappa shape index (κ3) is 11.4. The molecule has 0 fully saturated rings. The van der Waals surface area contributed by atoms with Crippen LogP contribution in [0.3, 0.4) is 0 Å². The maximum absolute atomic E-state index is 14.5. The molecule has 5 N–H and O–H groups in total. The molecule has 0 saturated heterocycles. The van der Waals surface area contributed by atoms with Crippen molar-refractivity contribution in [3.05, 3.63) is 94.7 Å². The van der Waals surface area contributed by atoms with Gasteiger partial charge in [-0.2, -0.15) is 4.90 Å². The highest BCUT2D eigenvalue weighted by atomic mass is 16.6. The highest BCUT2D eigenvalue weighted by Crippen LogP contribution is 2.32. The third-order valence-electron chi connectivity index (χ3n) is 8.40. The zero-order valence-corrected chi connectivity index (χ0v) is 33.1. The van der Waals surface area contributed by atoms with E-state index in [2.05, 4.69) is 15.6 Å². The molecule has 0 aliphatic rings. The molecule has 0 aliphatic heterocycles. The SMILES string of the molecule is CCOC(=O)CC(NC(=O)C(Nc1ccc2c(N(C(=O)OC(C)(C)C)C(=O)OC(C)(C)C)nccc2c1)c1cc(C)c(CCO)c(C)c1)c1cccc(N)c1. The van der Waals surface area contributed by atoms with E-state index < -0.39 is 47.3 Å². The topological polar surface area (TPSA) is 182 Å². The Balaban J connectivity index is 1.80. The first-order valence-corrected chi connectivity index (χ1v) is 18.2. The first-order chi connectivity index (χ1) is 25.8. The number of hydrogen-bond donors (Lipinski definition) is 4. The number of ether oxygens (including phenoxy) is 3. The van der Waals surface area contributed by atoms with E-state index in [0.29, 0.717) is 39.7 Å². The molecule has 55 heavy (non-hydrogen) atoms. The Hall–Kier alpha value is -5.69. The molecule has 0 bridgehead atoms. The lowest BCUT2D eigenvalue weighted by Crippen LogP contribution is -2.44. The van der Waals surface area contributed by atoms with Crippen molar-refractivity contribution in [2.24, 2.45) is 0 Å². The number of hydrogen-bond acceptors (Lipinski definition) is 11. The lowest BCUT2D eigenvalue weighted by atomic mass is 9.93. The van der Waals surface area contributed by atoms with Crippen molar-refractivity contribution >= 4 is 52.0 Å². The minimum Gasteiger partial charge on any atom is -0.466 e. The predicted molar refractivity (Wildman–Crippen MR) is 213 cm³/mol. The number of nitrogens with one attached hydrogen (secondary N) is 2. The van der Waals surface area contributed by atoms with Gasteiger partial charge in [0.1, 0.15) is 17.2 Å². The lowest BCUT2D eigenvalue weighted by Gasteiger charge is -2.28. The minimum atomic E-state index is -0.967. The van der Waals surface area contributed by atoms with E-state index >= 15 is 0 Å². The van der Waals surface area contributed by atoms with E-state index in [1.165, 1.54) is 6.20 Å². The van der Waals surface area contributed by atoms with Crippen molar-refractivity contribution in [2.45, 2.75) is 98.4 Å². The zero-order valence-electron chi connectivity index (χ0n) is 33.1. The number of fused-ring (bicyclic) bond motifs is 1. The van der Waals surface area contributed by atoms with Crippen LogP contribution in [0.1, 0.15) is 94.8 Å². The van der Waals surface area contributed by atoms with Gasteiger partial charge in [-0.15, -0.1) is 0 Å². The second-order valence-corrected chi connectivity index (χ2v) is 15.3. The summed E-state index contributed by atoms with van der Waals surface area (Å²) in [6, 6.07) is 15.9. The van der Waals surface area contributed by atoms with Gasteiger partial charge in [-0.05, 0) is 138 Å². The highest BCUT2D eigenvalue weighted by Gasteiger charge is 2.35. The van der Waals surface area contributed by atoms with Gasteiger partial charge in [0.15, 0.2) is 5.82 Å². The summed E-state index contributed by atoms with van der Waals surface area (Å²) in [6.45, 7) is 15.9. The number of aliphatic hydroxyl groups excluding tert-OH is 1. The molecule has 13 nitrogen and oxygen atoms in total. The second-order valence-electron chi connectivity index (χ2n) is 15.3. The number of carbonyl (C=O) groups excluding carboxylic acids is 4. The van der Waals surface area contributed by atoms with Crippen molar-refractivity contribution in [1.29, 1.82) is 0 Å². The molecule has 3 amide bonds. The smallest absolute Gasteiger partial charge is 0.425 e. The van der Waals surface area contributed by atoms with Crippen molar-refractivity contribution in [3.8, 4) is 0 Å². The van der Waals surface area contributed by atoms with Gasteiger partial charge in [-0.1, -0.05) is 24.3 Å². The summed E-state index contributed by atoms with van der Waals surface area (Å²) in [6.07, 6.45) is -0.0989. The molecule has 2 atom stereocenters. The van der Waals surface area contributed by atoms with Crippen molar-refractivity contribution < 1.29 is 38.5 Å². The molecular weight excluding hydrogens is 702 g/mol. The molecular formula is C42H53N5O8. The lowest BCUT2D eigenvalue weighted by molar-refractivity contribution is -0.143. The van der Waals surface area contributed by atoms with Crippen LogP contribution in [0.25, 0.3) is 10.8 Å². The number of nitrogens with two attached hydrogens (primary N) is 1. The standard InChI is InChI=1S/C42H53N5O8/c1-10-53-35(49)24-34(28-12-11-13-30(43)22-28)46-38(50)36(29-20-25(2)32(17-19-48)26(3)21-29)45-31-14-15-33-27(23-31)16-18-44-37(33)47(39(51)54-41(4,5)6)40(52)55-42(7,8)9/h11-16,18,20-23,34,36,45,48H,10,17,19,24,43H2,1-9H3,(H,46,50). The van der Waals surface area contributed by atoms with Gasteiger partial charge in [0.2, 0.25) is 5.91 Å². The Kier molecular flexibility index (Phi) is 13.5. The maximum Gasteiger partial charge on any atom is 0.425 e. The number of rotatable bonds is 12. The van der Waals surface area contributed by atoms with Gasteiger partial charge in [-0.25, -0.2) is 14.6 Å². The molecule has 294 valence electrons. The van der Waals surface area contributed by atoms with Crippen LogP contribution in [0.5, 0.6) is 0 Å². The Morgan fingerprint density at radius 3 is 2.07 bits per heavy atom. The number of anilines is 3. The van der Waals surface area contributed by atoms with Gasteiger partial charge in [-0.3, -0.25) is 9.59 Å². The van der Waals surface area contributed by atoms with Gasteiger partial charge in [0.25, 0.3) is 0 Å². The van der Waals surface area contributed by atoms with E-state index in [1.807, 2.05) is 26.0 Å². The number of carbonyl (C=O) groups is 4. The first kappa shape index (κ1) is 42.1. The number of pyridine rings is 1. The van der Waals surface area contributed by atoms with E-state index in [4.69, 9.17) is 19.9 Å². The first-order valence-electron chi connectivity index (χ1n) is 18.2. The molecule has 2 unspecified atom stereocenters. The van der Waals surface area contributed by atoms with E-state index in [9.17, 15) is 24.3 Å². The van der Waals surface area contributed by atoms with Crippen LogP contribution < -0.4 is 21.3 Å². The predicted octanol–water partition coefficient (Wildman–Crippen LogP) is 7.61. The average Bonchev–Trinajstić information content (AvgIpc) is 3.07. The molecule has 4 rings (SSSR count). The minimum absolute atomic E-state index is 0.0107. The number of nitrogen functional groups attached to an aromatic ring is 1. The van der Waals surface area contributed by atoms with Crippen LogP contribution in [0, 0.1) is 13.8 Å². The molecule has 1 aromatic heterocycles. The van der Waals surface area contributed by atoms with Crippen LogP contribution in [0.15, 0.2) is 66.9 Å². The number of aryl methyl sites for hydroxylation is 2. The van der Waals surface area contributed by atoms with Gasteiger partial charge in [0.05, 0.1) is 19.1 Å². The fourth-order valence-electron chi connectivity index (χ4n) is 6.13. The summed E-state index contributed by atoms with van der Waals surface area (Å²) in [5.74, 6) is -0.899. The van der Waals surface area contributed by atoms with E-state index in [1.54, 1.807) is 97.0 Å². The van der Waals surface area contributed by atoms with Crippen molar-refractivity contribution in [2.75, 3.05) is 29.2 Å². The van der Waals surface area contributed by atoms with Crippen LogP contribution in [-0.2, 0) is 30.2 Å². The fraction of sp³-hybridized carbons (Fsp3) is 0.405. The van der Waals surface area contributed by atoms with Gasteiger partial charge < -0.3 is 35.7 Å². The van der Waals surface area contributed by atoms with E-state index in [-0.39, 0.29) is 25.5 Å². The van der Waals surface area contributed by atoms with Crippen molar-refractivity contribution in [3.63, 3.8) is 0 Å². The summed E-state index contributed by atoms with van der Waals surface area (Å²) in [5, 5.41) is 17.2. The normalized spacial score (nSPS) is 12.7. The number of aliphatic hydroxyl groups is 1. The number of aromatic nitrogens is 1. The number of nitrogens with zero attached hydrogens (tertiary/aromatic N) is 2. The monoisotopic (exact) mass is 755 g/mol. The van der Waals surface area contributed by atoms with E-state index in [0.717, 1.165) is 21.6 Å². The van der Waals surface area contributed by atoms with Crippen LogP contribution in [0.4, 0.5) is 26.8 Å². The third-order valence-corrected chi connectivity index (χ3v) is 8.40. The van der Waals surface area contributed by atoms with Gasteiger partial charge >= 0.3 is 18.2 Å². The molecule has 0 saturated carbocycles. The van der Waals surface area contributed by atoms with Crippen LogP contribution >= 0.6 is 0 Å². The summed E-state index contributed by atoms with van der Waals surface area (Å²) in [4.78, 5) is 59.3. The molecule has 1 heterocycles. The van der Waals surface area contributed by atoms with Crippen LogP contribution in [0.2, 0.25) is 0 Å². The average molecular weight is 756 g/mol. The fourth-order valence-corrected chi connectivity index (χ4v) is 6.13. The number of imide groups is 1. The highest BCUT2D eigenvalue weighted by molar-refractivity contribution is 6.14. The Morgan fingerprint density at radius 2 is 1.51 bits per heavy atom. The summed E-state index contributed by atoms with van der Waals surface area (Å²) in [5.41, 5.74) is 9.34. The second kappa shape index (κ2) is 17.6. The summed E-state index contributed by atoms with van der Waals surface area (Å²) >= 11 is 0.